The second kappa shape index (κ2) is 7.07. The standard InChI is InChI=1S/C16H25NO3/c1-11-4-5-16(19-3)14(8-11)15(18)10-17-13-6-7-20-12(2)9-13/h4-5,8,12-13,15,17-18H,6-7,9-10H2,1-3H3. The fourth-order valence-electron chi connectivity index (χ4n) is 2.69. The molecule has 2 N–H and O–H groups in total. The van der Waals surface area contributed by atoms with Crippen molar-refractivity contribution in [2.75, 3.05) is 20.3 Å². The van der Waals surface area contributed by atoms with Crippen molar-refractivity contribution in [3.63, 3.8) is 0 Å². The fraction of sp³-hybridized carbons (Fsp3) is 0.625. The summed E-state index contributed by atoms with van der Waals surface area (Å²) in [6.45, 7) is 5.44. The molecular weight excluding hydrogens is 254 g/mol. The number of rotatable bonds is 5. The summed E-state index contributed by atoms with van der Waals surface area (Å²) in [7, 11) is 1.63. The molecule has 3 atom stereocenters. The van der Waals surface area contributed by atoms with E-state index in [1.54, 1.807) is 7.11 Å². The van der Waals surface area contributed by atoms with Gasteiger partial charge in [-0.15, -0.1) is 0 Å². The molecule has 4 heteroatoms. The second-order valence-corrected chi connectivity index (χ2v) is 5.57. The van der Waals surface area contributed by atoms with Crippen LogP contribution in [0.15, 0.2) is 18.2 Å². The zero-order chi connectivity index (χ0) is 14.5. The molecule has 1 fully saturated rings. The normalized spacial score (nSPS) is 24.4. The molecule has 3 unspecified atom stereocenters. The molecule has 1 aliphatic rings. The molecule has 0 aliphatic carbocycles. The van der Waals surface area contributed by atoms with Crippen LogP contribution in [0.25, 0.3) is 0 Å². The summed E-state index contributed by atoms with van der Waals surface area (Å²) in [6, 6.07) is 6.30. The highest BCUT2D eigenvalue weighted by atomic mass is 16.5. The Morgan fingerprint density at radius 2 is 2.30 bits per heavy atom. The van der Waals surface area contributed by atoms with Gasteiger partial charge in [-0.3, -0.25) is 0 Å². The Morgan fingerprint density at radius 3 is 3.00 bits per heavy atom. The highest BCUT2D eigenvalue weighted by Crippen LogP contribution is 2.26. The van der Waals surface area contributed by atoms with Gasteiger partial charge in [-0.2, -0.15) is 0 Å². The number of aliphatic hydroxyl groups excluding tert-OH is 1. The number of methoxy groups -OCH3 is 1. The van der Waals surface area contributed by atoms with E-state index in [4.69, 9.17) is 9.47 Å². The van der Waals surface area contributed by atoms with Crippen LogP contribution in [0.2, 0.25) is 0 Å². The van der Waals surface area contributed by atoms with E-state index in [1.165, 1.54) is 0 Å². The zero-order valence-electron chi connectivity index (χ0n) is 12.6. The number of hydrogen-bond donors (Lipinski definition) is 2. The average Bonchev–Trinajstić information content (AvgIpc) is 2.45. The zero-order valence-corrected chi connectivity index (χ0v) is 12.6. The van der Waals surface area contributed by atoms with Crippen molar-refractivity contribution >= 4 is 0 Å². The van der Waals surface area contributed by atoms with Crippen LogP contribution in [0, 0.1) is 6.92 Å². The lowest BCUT2D eigenvalue weighted by Gasteiger charge is -2.29. The van der Waals surface area contributed by atoms with E-state index in [-0.39, 0.29) is 0 Å². The Bertz CT molecular complexity index is 436. The van der Waals surface area contributed by atoms with Crippen LogP contribution in [0.5, 0.6) is 5.75 Å². The lowest BCUT2D eigenvalue weighted by molar-refractivity contribution is 0.0109. The maximum atomic E-state index is 10.4. The Labute approximate surface area is 121 Å². The molecule has 0 radical (unpaired) electrons. The third-order valence-corrected chi connectivity index (χ3v) is 3.83. The predicted octanol–water partition coefficient (Wildman–Crippen LogP) is 2.19. The molecule has 2 rings (SSSR count). The van der Waals surface area contributed by atoms with E-state index in [1.807, 2.05) is 25.1 Å². The van der Waals surface area contributed by atoms with Gasteiger partial charge in [0.05, 0.1) is 19.3 Å². The number of aryl methyl sites for hydroxylation is 1. The minimum atomic E-state index is -0.553. The number of benzene rings is 1. The van der Waals surface area contributed by atoms with Crippen LogP contribution in [0.4, 0.5) is 0 Å². The van der Waals surface area contributed by atoms with Crippen LogP contribution < -0.4 is 10.1 Å². The maximum absolute atomic E-state index is 10.4. The van der Waals surface area contributed by atoms with Gasteiger partial charge in [0.1, 0.15) is 5.75 Å². The van der Waals surface area contributed by atoms with Crippen LogP contribution in [0.1, 0.15) is 37.0 Å². The van der Waals surface area contributed by atoms with Crippen LogP contribution in [-0.2, 0) is 4.74 Å². The van der Waals surface area contributed by atoms with E-state index in [2.05, 4.69) is 12.2 Å². The van der Waals surface area contributed by atoms with E-state index >= 15 is 0 Å². The molecule has 1 aliphatic heterocycles. The Morgan fingerprint density at radius 1 is 1.50 bits per heavy atom. The highest BCUT2D eigenvalue weighted by molar-refractivity contribution is 5.38. The Balaban J connectivity index is 1.94. The van der Waals surface area contributed by atoms with E-state index in [0.717, 1.165) is 36.3 Å². The van der Waals surface area contributed by atoms with Gasteiger partial charge in [0.25, 0.3) is 0 Å². The first-order chi connectivity index (χ1) is 9.60. The third-order valence-electron chi connectivity index (χ3n) is 3.83. The van der Waals surface area contributed by atoms with Gasteiger partial charge in [-0.05, 0) is 38.8 Å². The second-order valence-electron chi connectivity index (χ2n) is 5.57. The topological polar surface area (TPSA) is 50.7 Å². The van der Waals surface area contributed by atoms with Gasteiger partial charge in [-0.25, -0.2) is 0 Å². The van der Waals surface area contributed by atoms with Crippen LogP contribution in [0.3, 0.4) is 0 Å². The summed E-state index contributed by atoms with van der Waals surface area (Å²) in [5.74, 6) is 0.741. The smallest absolute Gasteiger partial charge is 0.124 e. The first kappa shape index (κ1) is 15.3. The lowest BCUT2D eigenvalue weighted by atomic mass is 10.0. The van der Waals surface area contributed by atoms with Gasteiger partial charge >= 0.3 is 0 Å². The fourth-order valence-corrected chi connectivity index (χ4v) is 2.69. The summed E-state index contributed by atoms with van der Waals surface area (Å²) in [4.78, 5) is 0. The molecule has 0 amide bonds. The van der Waals surface area contributed by atoms with Crippen molar-refractivity contribution in [2.45, 2.75) is 44.9 Å². The number of nitrogens with one attached hydrogen (secondary N) is 1. The minimum absolute atomic E-state index is 0.298. The summed E-state index contributed by atoms with van der Waals surface area (Å²) >= 11 is 0. The molecule has 0 bridgehead atoms. The average molecular weight is 279 g/mol. The monoisotopic (exact) mass is 279 g/mol. The first-order valence-corrected chi connectivity index (χ1v) is 7.27. The lowest BCUT2D eigenvalue weighted by Crippen LogP contribution is -2.39. The number of hydrogen-bond acceptors (Lipinski definition) is 4. The molecule has 1 heterocycles. The van der Waals surface area contributed by atoms with E-state index < -0.39 is 6.10 Å². The molecule has 1 aromatic carbocycles. The largest absolute Gasteiger partial charge is 0.496 e. The van der Waals surface area contributed by atoms with Crippen molar-refractivity contribution in [2.24, 2.45) is 0 Å². The van der Waals surface area contributed by atoms with Gasteiger partial charge < -0.3 is 19.9 Å². The number of aliphatic hydroxyl groups is 1. The Kier molecular flexibility index (Phi) is 5.40. The molecule has 112 valence electrons. The van der Waals surface area contributed by atoms with E-state index in [0.29, 0.717) is 18.7 Å². The summed E-state index contributed by atoms with van der Waals surface area (Å²) in [5.41, 5.74) is 1.97. The SMILES string of the molecule is COc1ccc(C)cc1C(O)CNC1CCOC(C)C1. The van der Waals surface area contributed by atoms with Crippen molar-refractivity contribution in [3.8, 4) is 5.75 Å². The van der Waals surface area contributed by atoms with Gasteiger partial charge in [-0.1, -0.05) is 11.6 Å². The van der Waals surface area contributed by atoms with Crippen molar-refractivity contribution in [1.29, 1.82) is 0 Å². The van der Waals surface area contributed by atoms with Gasteiger partial charge in [0.15, 0.2) is 0 Å². The number of ether oxygens (including phenoxy) is 2. The molecular formula is C16H25NO3. The maximum Gasteiger partial charge on any atom is 0.124 e. The molecule has 0 aromatic heterocycles. The third kappa shape index (κ3) is 3.95. The summed E-state index contributed by atoms with van der Waals surface area (Å²) in [6.07, 6.45) is 1.74. The first-order valence-electron chi connectivity index (χ1n) is 7.27. The minimum Gasteiger partial charge on any atom is -0.496 e. The molecule has 20 heavy (non-hydrogen) atoms. The van der Waals surface area contributed by atoms with Crippen LogP contribution >= 0.6 is 0 Å². The van der Waals surface area contributed by atoms with Gasteiger partial charge in [0, 0.05) is 24.8 Å². The summed E-state index contributed by atoms with van der Waals surface area (Å²) in [5, 5.41) is 13.8. The van der Waals surface area contributed by atoms with Crippen molar-refractivity contribution in [1.82, 2.24) is 5.32 Å². The quantitative estimate of drug-likeness (QED) is 0.867. The van der Waals surface area contributed by atoms with E-state index in [9.17, 15) is 5.11 Å². The summed E-state index contributed by atoms with van der Waals surface area (Å²) < 4.78 is 10.9. The molecule has 1 saturated heterocycles. The van der Waals surface area contributed by atoms with Crippen LogP contribution in [-0.4, -0.2) is 37.5 Å². The van der Waals surface area contributed by atoms with Crippen molar-refractivity contribution < 1.29 is 14.6 Å². The van der Waals surface area contributed by atoms with Crippen molar-refractivity contribution in [3.05, 3.63) is 29.3 Å². The molecule has 1 aromatic rings. The molecule has 0 spiro atoms. The van der Waals surface area contributed by atoms with Gasteiger partial charge in [0.2, 0.25) is 0 Å². The predicted molar refractivity (Wildman–Crippen MR) is 79.1 cm³/mol. The molecule has 4 nitrogen and oxygen atoms in total. The Hall–Kier alpha value is -1.10. The molecule has 0 saturated carbocycles. The highest BCUT2D eigenvalue weighted by Gasteiger charge is 2.21.